The molecule has 1 unspecified atom stereocenters. The smallest absolute Gasteiger partial charge is 0.159 e. The average Bonchev–Trinajstić information content (AvgIpc) is 3.13. The van der Waals surface area contributed by atoms with E-state index in [1.807, 2.05) is 6.07 Å². The first-order valence-corrected chi connectivity index (χ1v) is 8.41. The summed E-state index contributed by atoms with van der Waals surface area (Å²) < 4.78 is 2.53. The highest BCUT2D eigenvalue weighted by molar-refractivity contribution is 7.25. The molecule has 0 bridgehead atoms. The van der Waals surface area contributed by atoms with Crippen molar-refractivity contribution in [1.29, 1.82) is 0 Å². The zero-order valence-corrected chi connectivity index (χ0v) is 13.3. The molecule has 3 aromatic rings. The summed E-state index contributed by atoms with van der Waals surface area (Å²) in [5.41, 5.74) is -0.224. The Morgan fingerprint density at radius 1 is 1.14 bits per heavy atom. The third-order valence-corrected chi connectivity index (χ3v) is 5.35. The van der Waals surface area contributed by atoms with Gasteiger partial charge in [-0.15, -0.1) is 11.3 Å². The molecule has 3 nitrogen and oxygen atoms in total. The second-order valence-corrected chi connectivity index (χ2v) is 7.02. The molecule has 0 saturated carbocycles. The Morgan fingerprint density at radius 2 is 1.95 bits per heavy atom. The molecule has 0 spiro atoms. The van der Waals surface area contributed by atoms with Gasteiger partial charge in [-0.2, -0.15) is 0 Å². The molecular formula is C18H18N2OS. The first-order chi connectivity index (χ1) is 10.6. The van der Waals surface area contributed by atoms with Crippen LogP contribution in [0, 0.1) is 0 Å². The van der Waals surface area contributed by atoms with Crippen LogP contribution in [0.2, 0.25) is 0 Å². The molecule has 2 aromatic carbocycles. The minimum atomic E-state index is -1.10. The van der Waals surface area contributed by atoms with E-state index in [0.29, 0.717) is 0 Å². The lowest BCUT2D eigenvalue weighted by atomic mass is 10.0. The molecule has 1 aliphatic heterocycles. The van der Waals surface area contributed by atoms with Gasteiger partial charge in [-0.1, -0.05) is 24.3 Å². The standard InChI is InChI=1S/C18H18N2OS/c1-18(21,20-17-7-4-10-19-17)12-8-9-16-14(11-12)13-5-2-3-6-15(13)22-16/h2-3,5-6,8-9,11,21H,4,7,10H2,1H3,(H,19,20). The Balaban J connectivity index is 1.79. The number of nitrogens with one attached hydrogen (secondary N) is 1. The van der Waals surface area contributed by atoms with Gasteiger partial charge in [-0.3, -0.25) is 4.99 Å². The van der Waals surface area contributed by atoms with Gasteiger partial charge in [-0.05, 0) is 31.5 Å². The van der Waals surface area contributed by atoms with Crippen LogP contribution in [0.4, 0.5) is 0 Å². The lowest BCUT2D eigenvalue weighted by Gasteiger charge is -2.26. The van der Waals surface area contributed by atoms with Crippen molar-refractivity contribution in [1.82, 2.24) is 5.32 Å². The molecule has 0 saturated heterocycles. The van der Waals surface area contributed by atoms with Crippen molar-refractivity contribution >= 4 is 37.3 Å². The molecule has 0 amide bonds. The minimum absolute atomic E-state index is 0.854. The monoisotopic (exact) mass is 310 g/mol. The maximum atomic E-state index is 10.8. The Morgan fingerprint density at radius 3 is 2.77 bits per heavy atom. The van der Waals surface area contributed by atoms with Gasteiger partial charge >= 0.3 is 0 Å². The summed E-state index contributed by atoms with van der Waals surface area (Å²) >= 11 is 1.79. The van der Waals surface area contributed by atoms with Gasteiger partial charge in [0.05, 0.1) is 5.84 Å². The van der Waals surface area contributed by atoms with Crippen molar-refractivity contribution < 1.29 is 5.11 Å². The Bertz CT molecular complexity index is 879. The van der Waals surface area contributed by atoms with E-state index in [0.717, 1.165) is 30.8 Å². The molecule has 2 heterocycles. The van der Waals surface area contributed by atoms with Crippen LogP contribution in [0.15, 0.2) is 47.5 Å². The summed E-state index contributed by atoms with van der Waals surface area (Å²) in [5, 5.41) is 16.5. The summed E-state index contributed by atoms with van der Waals surface area (Å²) in [6.07, 6.45) is 1.98. The molecule has 22 heavy (non-hydrogen) atoms. The number of hydrogen-bond acceptors (Lipinski definition) is 4. The molecule has 0 aliphatic carbocycles. The van der Waals surface area contributed by atoms with E-state index < -0.39 is 5.72 Å². The highest BCUT2D eigenvalue weighted by Crippen LogP contribution is 2.35. The highest BCUT2D eigenvalue weighted by Gasteiger charge is 2.25. The highest BCUT2D eigenvalue weighted by atomic mass is 32.1. The predicted molar refractivity (Wildman–Crippen MR) is 93.6 cm³/mol. The van der Waals surface area contributed by atoms with Crippen molar-refractivity contribution in [2.45, 2.75) is 25.5 Å². The van der Waals surface area contributed by atoms with E-state index >= 15 is 0 Å². The Kier molecular flexibility index (Phi) is 3.17. The minimum Gasteiger partial charge on any atom is -0.367 e. The largest absolute Gasteiger partial charge is 0.367 e. The van der Waals surface area contributed by atoms with Gasteiger partial charge in [-0.25, -0.2) is 0 Å². The fourth-order valence-corrected chi connectivity index (χ4v) is 4.11. The third kappa shape index (κ3) is 2.28. The summed E-state index contributed by atoms with van der Waals surface area (Å²) in [6.45, 7) is 2.65. The summed E-state index contributed by atoms with van der Waals surface area (Å²) in [4.78, 5) is 4.40. The van der Waals surface area contributed by atoms with Crippen LogP contribution in [0.25, 0.3) is 20.2 Å². The maximum Gasteiger partial charge on any atom is 0.159 e. The van der Waals surface area contributed by atoms with Crippen LogP contribution in [0.1, 0.15) is 25.3 Å². The van der Waals surface area contributed by atoms with Gasteiger partial charge in [0.15, 0.2) is 5.72 Å². The lowest BCUT2D eigenvalue weighted by Crippen LogP contribution is -2.42. The van der Waals surface area contributed by atoms with Gasteiger partial charge < -0.3 is 10.4 Å². The van der Waals surface area contributed by atoms with Crippen molar-refractivity contribution in [2.24, 2.45) is 4.99 Å². The van der Waals surface area contributed by atoms with Crippen LogP contribution in [0.5, 0.6) is 0 Å². The van der Waals surface area contributed by atoms with Crippen LogP contribution in [0.3, 0.4) is 0 Å². The molecule has 1 aromatic heterocycles. The van der Waals surface area contributed by atoms with E-state index in [9.17, 15) is 5.11 Å². The number of fused-ring (bicyclic) bond motifs is 3. The first kappa shape index (κ1) is 13.7. The van der Waals surface area contributed by atoms with Crippen molar-refractivity contribution in [3.05, 3.63) is 48.0 Å². The number of hydrogen-bond donors (Lipinski definition) is 2. The van der Waals surface area contributed by atoms with E-state index in [-0.39, 0.29) is 0 Å². The quantitative estimate of drug-likeness (QED) is 0.703. The van der Waals surface area contributed by atoms with Crippen LogP contribution in [-0.4, -0.2) is 17.5 Å². The van der Waals surface area contributed by atoms with Gasteiger partial charge in [0.2, 0.25) is 0 Å². The molecule has 112 valence electrons. The van der Waals surface area contributed by atoms with E-state index in [2.05, 4.69) is 46.7 Å². The SMILES string of the molecule is CC(O)(NC1=NCCC1)c1ccc2sc3ccccc3c2c1. The molecule has 0 fully saturated rings. The molecule has 1 aliphatic rings. The fraction of sp³-hybridized carbons (Fsp3) is 0.278. The average molecular weight is 310 g/mol. The molecule has 1 atom stereocenters. The van der Waals surface area contributed by atoms with E-state index in [4.69, 9.17) is 0 Å². The van der Waals surface area contributed by atoms with Gasteiger partial charge in [0, 0.05) is 38.7 Å². The Labute approximate surface area is 133 Å². The third-order valence-electron chi connectivity index (χ3n) is 4.20. The summed E-state index contributed by atoms with van der Waals surface area (Å²) in [5.74, 6) is 0.903. The predicted octanol–water partition coefficient (Wildman–Crippen LogP) is 4.00. The number of aliphatic imine (C=N–C) groups is 1. The topological polar surface area (TPSA) is 44.6 Å². The number of thiophene rings is 1. The lowest BCUT2D eigenvalue weighted by molar-refractivity contribution is 0.0408. The van der Waals surface area contributed by atoms with Crippen LogP contribution in [-0.2, 0) is 5.72 Å². The molecule has 0 radical (unpaired) electrons. The van der Waals surface area contributed by atoms with E-state index in [1.54, 1.807) is 18.3 Å². The van der Waals surface area contributed by atoms with E-state index in [1.165, 1.54) is 20.2 Å². The molecule has 4 rings (SSSR count). The van der Waals surface area contributed by atoms with Crippen LogP contribution < -0.4 is 5.32 Å². The van der Waals surface area contributed by atoms with Crippen LogP contribution >= 0.6 is 11.3 Å². The second-order valence-electron chi connectivity index (χ2n) is 5.94. The molecule has 4 heteroatoms. The van der Waals surface area contributed by atoms with Gasteiger partial charge in [0.25, 0.3) is 0 Å². The Hall–Kier alpha value is -1.91. The van der Waals surface area contributed by atoms with Crippen molar-refractivity contribution in [3.63, 3.8) is 0 Å². The van der Waals surface area contributed by atoms with Crippen molar-refractivity contribution in [2.75, 3.05) is 6.54 Å². The maximum absolute atomic E-state index is 10.8. The fourth-order valence-electron chi connectivity index (χ4n) is 3.02. The number of aliphatic hydroxyl groups is 1. The number of amidine groups is 1. The number of nitrogens with zero attached hydrogens (tertiary/aromatic N) is 1. The van der Waals surface area contributed by atoms with Gasteiger partial charge in [0.1, 0.15) is 0 Å². The zero-order chi connectivity index (χ0) is 15.2. The molecular weight excluding hydrogens is 292 g/mol. The number of rotatable bonds is 2. The normalized spacial score (nSPS) is 17.6. The molecule has 2 N–H and O–H groups in total. The second kappa shape index (κ2) is 5.07. The van der Waals surface area contributed by atoms with Crippen molar-refractivity contribution in [3.8, 4) is 0 Å². The first-order valence-electron chi connectivity index (χ1n) is 7.59. The summed E-state index contributed by atoms with van der Waals surface area (Å²) in [7, 11) is 0. The zero-order valence-electron chi connectivity index (χ0n) is 12.5. The summed E-state index contributed by atoms with van der Waals surface area (Å²) in [6, 6.07) is 14.6. The number of benzene rings is 2.